The Morgan fingerprint density at radius 3 is 2.31 bits per heavy atom. The standard InChI is InChI=1S/C16H7NO8S/c17-6-8-10(18)15-11(19)9-12(20)16(25-26(21,22)24-15)13(23-14(8)9)7-4-2-1-3-5-7/h1-5,18-19H. The number of aromatic hydroxyl groups is 2. The van der Waals surface area contributed by atoms with E-state index in [2.05, 4.69) is 4.18 Å². The second-order valence-corrected chi connectivity index (χ2v) is 6.40. The molecule has 26 heavy (non-hydrogen) atoms. The van der Waals surface area contributed by atoms with Crippen molar-refractivity contribution in [3.63, 3.8) is 0 Å². The first-order chi connectivity index (χ1) is 12.3. The quantitative estimate of drug-likeness (QED) is 0.651. The van der Waals surface area contributed by atoms with Crippen LogP contribution >= 0.6 is 0 Å². The maximum absolute atomic E-state index is 12.8. The van der Waals surface area contributed by atoms with E-state index in [0.717, 1.165) is 0 Å². The highest BCUT2D eigenvalue weighted by atomic mass is 32.3. The Hall–Kier alpha value is -3.71. The van der Waals surface area contributed by atoms with Crippen molar-refractivity contribution in [3.8, 4) is 40.4 Å². The number of hydrogen-bond acceptors (Lipinski definition) is 9. The van der Waals surface area contributed by atoms with E-state index in [9.17, 15) is 28.7 Å². The van der Waals surface area contributed by atoms with Gasteiger partial charge in [-0.25, -0.2) is 0 Å². The molecule has 0 spiro atoms. The van der Waals surface area contributed by atoms with Gasteiger partial charge in [0, 0.05) is 5.56 Å². The van der Waals surface area contributed by atoms with E-state index in [1.165, 1.54) is 12.1 Å². The van der Waals surface area contributed by atoms with Crippen LogP contribution in [-0.2, 0) is 10.4 Å². The van der Waals surface area contributed by atoms with Gasteiger partial charge in [-0.3, -0.25) is 4.79 Å². The maximum Gasteiger partial charge on any atom is 0.501 e. The minimum Gasteiger partial charge on any atom is -0.504 e. The molecule has 2 N–H and O–H groups in total. The first-order valence-electron chi connectivity index (χ1n) is 7.02. The van der Waals surface area contributed by atoms with Gasteiger partial charge in [-0.2, -0.15) is 5.26 Å². The van der Waals surface area contributed by atoms with Crippen molar-refractivity contribution in [3.05, 3.63) is 46.1 Å². The van der Waals surface area contributed by atoms with Gasteiger partial charge in [-0.15, -0.1) is 8.42 Å². The molecule has 1 aliphatic heterocycles. The van der Waals surface area contributed by atoms with Crippen LogP contribution in [-0.4, -0.2) is 18.6 Å². The SMILES string of the molecule is N#Cc1c(O)c2c(O)c3c(=O)c(c(-c4ccccc4)oc13)OS(=O)(=O)O2. The highest BCUT2D eigenvalue weighted by molar-refractivity contribution is 7.82. The molecule has 2 heterocycles. The second kappa shape index (κ2) is 5.14. The summed E-state index contributed by atoms with van der Waals surface area (Å²) in [5.74, 6) is -4.00. The van der Waals surface area contributed by atoms with Crippen LogP contribution in [0.2, 0.25) is 0 Å². The van der Waals surface area contributed by atoms with E-state index < -0.39 is 55.4 Å². The average Bonchev–Trinajstić information content (AvgIpc) is 2.61. The van der Waals surface area contributed by atoms with E-state index in [1.807, 2.05) is 0 Å². The summed E-state index contributed by atoms with van der Waals surface area (Å²) in [5, 5.41) is 29.1. The van der Waals surface area contributed by atoms with Crippen molar-refractivity contribution in [2.45, 2.75) is 0 Å². The minimum absolute atomic E-state index is 0.268. The molecular formula is C16H7NO8S. The Morgan fingerprint density at radius 1 is 1.00 bits per heavy atom. The normalized spacial score (nSPS) is 14.3. The van der Waals surface area contributed by atoms with Crippen molar-refractivity contribution in [2.24, 2.45) is 0 Å². The predicted molar refractivity (Wildman–Crippen MR) is 86.1 cm³/mol. The first kappa shape index (κ1) is 15.8. The maximum atomic E-state index is 12.8. The Kier molecular flexibility index (Phi) is 3.12. The van der Waals surface area contributed by atoms with Crippen LogP contribution in [0.5, 0.6) is 23.0 Å². The van der Waals surface area contributed by atoms with Crippen LogP contribution in [0.4, 0.5) is 0 Å². The lowest BCUT2D eigenvalue weighted by Crippen LogP contribution is -2.23. The van der Waals surface area contributed by atoms with Crippen LogP contribution in [0.1, 0.15) is 5.56 Å². The number of nitrogens with zero attached hydrogens (tertiary/aromatic N) is 1. The zero-order chi connectivity index (χ0) is 18.6. The molecule has 9 nitrogen and oxygen atoms in total. The van der Waals surface area contributed by atoms with E-state index in [-0.39, 0.29) is 11.3 Å². The molecule has 3 aromatic rings. The van der Waals surface area contributed by atoms with Gasteiger partial charge >= 0.3 is 10.4 Å². The third kappa shape index (κ3) is 2.08. The molecule has 3 bridgehead atoms. The summed E-state index contributed by atoms with van der Waals surface area (Å²) in [5.41, 5.74) is -1.76. The van der Waals surface area contributed by atoms with Crippen LogP contribution in [0, 0.1) is 11.3 Å². The predicted octanol–water partition coefficient (Wildman–Crippen LogP) is 1.76. The number of hydrogen-bond donors (Lipinski definition) is 2. The Bertz CT molecular complexity index is 1290. The summed E-state index contributed by atoms with van der Waals surface area (Å²) in [4.78, 5) is 12.8. The third-order valence-electron chi connectivity index (χ3n) is 3.72. The van der Waals surface area contributed by atoms with E-state index in [0.29, 0.717) is 0 Å². The molecule has 0 aliphatic carbocycles. The molecule has 0 fully saturated rings. The largest absolute Gasteiger partial charge is 0.504 e. The average molecular weight is 373 g/mol. The van der Waals surface area contributed by atoms with Crippen LogP contribution in [0.15, 0.2) is 39.5 Å². The number of nitriles is 1. The monoisotopic (exact) mass is 373 g/mol. The van der Waals surface area contributed by atoms with Crippen molar-refractivity contribution < 1.29 is 31.4 Å². The fraction of sp³-hybridized carbons (Fsp3) is 0. The van der Waals surface area contributed by atoms with E-state index >= 15 is 0 Å². The van der Waals surface area contributed by atoms with Crippen molar-refractivity contribution in [2.75, 3.05) is 0 Å². The van der Waals surface area contributed by atoms with Gasteiger partial charge in [0.2, 0.25) is 16.9 Å². The van der Waals surface area contributed by atoms with Gasteiger partial charge in [0.05, 0.1) is 0 Å². The van der Waals surface area contributed by atoms with Crippen LogP contribution < -0.4 is 13.8 Å². The molecule has 1 aromatic heterocycles. The lowest BCUT2D eigenvalue weighted by Gasteiger charge is -2.18. The van der Waals surface area contributed by atoms with Crippen LogP contribution in [0.25, 0.3) is 22.3 Å². The Labute approximate surface area is 145 Å². The highest BCUT2D eigenvalue weighted by Gasteiger charge is 2.35. The smallest absolute Gasteiger partial charge is 0.501 e. The van der Waals surface area contributed by atoms with Crippen LogP contribution in [0.3, 0.4) is 0 Å². The van der Waals surface area contributed by atoms with Gasteiger partial charge < -0.3 is 23.0 Å². The summed E-state index contributed by atoms with van der Waals surface area (Å²) >= 11 is 0. The zero-order valence-electron chi connectivity index (χ0n) is 12.6. The van der Waals surface area contributed by atoms with E-state index in [1.54, 1.807) is 24.3 Å². The zero-order valence-corrected chi connectivity index (χ0v) is 13.4. The highest BCUT2D eigenvalue weighted by Crippen LogP contribution is 2.48. The van der Waals surface area contributed by atoms with Gasteiger partial charge in [0.1, 0.15) is 17.0 Å². The number of phenolic OH excluding ortho intramolecular Hbond substituents is 2. The summed E-state index contributed by atoms with van der Waals surface area (Å²) in [6.45, 7) is 0. The van der Waals surface area contributed by atoms with E-state index in [4.69, 9.17) is 8.60 Å². The molecule has 0 amide bonds. The lowest BCUT2D eigenvalue weighted by atomic mass is 10.1. The number of rotatable bonds is 1. The molecule has 0 saturated carbocycles. The summed E-state index contributed by atoms with van der Waals surface area (Å²) < 4.78 is 38.9. The van der Waals surface area contributed by atoms with Gasteiger partial charge in [0.15, 0.2) is 22.8 Å². The van der Waals surface area contributed by atoms with Crippen molar-refractivity contribution >= 4 is 21.4 Å². The van der Waals surface area contributed by atoms with Crippen molar-refractivity contribution in [1.29, 1.82) is 5.26 Å². The lowest BCUT2D eigenvalue weighted by molar-refractivity contribution is 0.351. The number of benzene rings is 2. The third-order valence-corrected chi connectivity index (χ3v) is 4.46. The number of phenols is 2. The molecule has 0 radical (unpaired) electrons. The number of fused-ring (bicyclic) bond motifs is 2. The van der Waals surface area contributed by atoms with Gasteiger partial charge in [0.25, 0.3) is 0 Å². The molecule has 10 heteroatoms. The molecule has 1 aliphatic rings. The molecule has 2 aromatic carbocycles. The molecule has 0 atom stereocenters. The van der Waals surface area contributed by atoms with Gasteiger partial charge in [-0.1, -0.05) is 30.3 Å². The Balaban J connectivity index is 2.31. The fourth-order valence-electron chi connectivity index (χ4n) is 2.62. The van der Waals surface area contributed by atoms with Crippen molar-refractivity contribution in [1.82, 2.24) is 0 Å². The first-order valence-corrected chi connectivity index (χ1v) is 8.35. The summed E-state index contributed by atoms with van der Waals surface area (Å²) in [7, 11) is -4.90. The summed E-state index contributed by atoms with van der Waals surface area (Å²) in [6, 6.07) is 9.51. The molecule has 0 saturated heterocycles. The summed E-state index contributed by atoms with van der Waals surface area (Å²) in [6.07, 6.45) is 0. The fourth-order valence-corrected chi connectivity index (χ4v) is 3.37. The minimum atomic E-state index is -4.90. The molecule has 4 rings (SSSR count). The topological polar surface area (TPSA) is 147 Å². The van der Waals surface area contributed by atoms with Gasteiger partial charge in [-0.05, 0) is 0 Å². The molecule has 130 valence electrons. The molecular weight excluding hydrogens is 366 g/mol. The second-order valence-electron chi connectivity index (χ2n) is 5.25. The Morgan fingerprint density at radius 2 is 1.65 bits per heavy atom. The molecule has 0 unspecified atom stereocenters.